The number of fused-ring (bicyclic) bond motifs is 1. The van der Waals surface area contributed by atoms with Gasteiger partial charge in [0.15, 0.2) is 23.1 Å². The van der Waals surface area contributed by atoms with Crippen LogP contribution in [0.5, 0.6) is 0 Å². The minimum Gasteiger partial charge on any atom is -0.364 e. The van der Waals surface area contributed by atoms with Crippen LogP contribution in [-0.2, 0) is 33.2 Å². The number of benzene rings is 3. The van der Waals surface area contributed by atoms with E-state index < -0.39 is 63.8 Å². The third-order valence-electron chi connectivity index (χ3n) is 7.74. The molecule has 0 aliphatic carbocycles. The maximum Gasteiger partial charge on any atom is 0.428 e. The highest BCUT2D eigenvalue weighted by atomic mass is 31.2. The molecule has 6 rings (SSSR count). The summed E-state index contributed by atoms with van der Waals surface area (Å²) in [5.74, 6) is -3.28. The Labute approximate surface area is 297 Å². The zero-order valence-electron chi connectivity index (χ0n) is 27.2. The molecule has 0 aliphatic heterocycles. The number of anilines is 1. The van der Waals surface area contributed by atoms with Gasteiger partial charge in [0.2, 0.25) is 0 Å². The molecule has 0 radical (unpaired) electrons. The topological polar surface area (TPSA) is 95.7 Å². The molecule has 0 fully saturated rings. The van der Waals surface area contributed by atoms with Gasteiger partial charge in [0, 0.05) is 25.0 Å². The number of alkyl halides is 6. The Morgan fingerprint density at radius 2 is 1.32 bits per heavy atom. The van der Waals surface area contributed by atoms with Crippen molar-refractivity contribution < 1.29 is 48.7 Å². The van der Waals surface area contributed by atoms with Crippen molar-refractivity contribution in [2.24, 2.45) is 0 Å². The minimum absolute atomic E-state index is 0.0496. The number of nitrogens with zero attached hydrogens (tertiary/aromatic N) is 5. The van der Waals surface area contributed by atoms with Crippen molar-refractivity contribution in [3.63, 3.8) is 0 Å². The molecule has 0 amide bonds. The van der Waals surface area contributed by atoms with Crippen LogP contribution in [0.25, 0.3) is 17.2 Å². The van der Waals surface area contributed by atoms with Gasteiger partial charge >= 0.3 is 21.0 Å². The quantitative estimate of drug-likeness (QED) is 0.0869. The fourth-order valence-electron chi connectivity index (χ4n) is 4.99. The second kappa shape index (κ2) is 15.9. The molecule has 18 heteroatoms. The first-order valence-corrected chi connectivity index (χ1v) is 16.7. The first-order valence-electron chi connectivity index (χ1n) is 15.6. The lowest BCUT2D eigenvalue weighted by Gasteiger charge is -2.38. The van der Waals surface area contributed by atoms with Gasteiger partial charge in [0.25, 0.3) is 5.60 Å². The van der Waals surface area contributed by atoms with Crippen LogP contribution in [0.3, 0.4) is 0 Å². The highest BCUT2D eigenvalue weighted by Crippen LogP contribution is 2.55. The van der Waals surface area contributed by atoms with Crippen molar-refractivity contribution >= 4 is 20.1 Å². The Morgan fingerprint density at radius 1 is 0.717 bits per heavy atom. The summed E-state index contributed by atoms with van der Waals surface area (Å²) >= 11 is 0. The number of imidazole rings is 1. The Morgan fingerprint density at radius 3 is 1.92 bits per heavy atom. The van der Waals surface area contributed by atoms with Crippen molar-refractivity contribution in [2.45, 2.75) is 37.6 Å². The third kappa shape index (κ3) is 8.76. The highest BCUT2D eigenvalue weighted by Gasteiger charge is 2.74. The average Bonchev–Trinajstić information content (AvgIpc) is 3.62. The summed E-state index contributed by atoms with van der Waals surface area (Å²) in [4.78, 5) is 16.4. The molecule has 276 valence electrons. The smallest absolute Gasteiger partial charge is 0.364 e. The van der Waals surface area contributed by atoms with E-state index in [0.29, 0.717) is 23.0 Å². The molecule has 0 spiro atoms. The fourth-order valence-corrected chi connectivity index (χ4v) is 6.20. The first-order chi connectivity index (χ1) is 25.3. The minimum atomic E-state index is -6.13. The lowest BCUT2D eigenvalue weighted by atomic mass is 10.0. The molecule has 0 unspecified atom stereocenters. The van der Waals surface area contributed by atoms with Crippen molar-refractivity contribution in [3.8, 4) is 11.5 Å². The van der Waals surface area contributed by atoms with E-state index >= 15 is 4.39 Å². The van der Waals surface area contributed by atoms with Gasteiger partial charge in [-0.05, 0) is 22.8 Å². The maximum atomic E-state index is 15.0. The number of nitrogens with one attached hydrogen (secondary N) is 1. The van der Waals surface area contributed by atoms with Gasteiger partial charge in [0.05, 0.1) is 31.6 Å². The number of hydrogen-bond acceptors (Lipinski definition) is 8. The van der Waals surface area contributed by atoms with Crippen LogP contribution in [0.4, 0.5) is 40.9 Å². The summed E-state index contributed by atoms with van der Waals surface area (Å²) in [7, 11) is -3.35. The molecule has 9 nitrogen and oxygen atoms in total. The largest absolute Gasteiger partial charge is 0.428 e. The summed E-state index contributed by atoms with van der Waals surface area (Å²) in [5, 5.41) is 1.84. The van der Waals surface area contributed by atoms with Crippen LogP contribution < -0.4 is 5.32 Å². The van der Waals surface area contributed by atoms with E-state index in [-0.39, 0.29) is 29.2 Å². The van der Waals surface area contributed by atoms with Crippen LogP contribution >= 0.6 is 8.60 Å². The Hall–Kier alpha value is -5.09. The fraction of sp³-hybridized carbons (Fsp3) is 0.200. The first kappa shape index (κ1) is 37.7. The van der Waals surface area contributed by atoms with Crippen molar-refractivity contribution in [2.75, 3.05) is 11.9 Å². The second-order valence-electron chi connectivity index (χ2n) is 11.4. The van der Waals surface area contributed by atoms with Crippen molar-refractivity contribution in [1.82, 2.24) is 24.3 Å². The molecule has 3 heterocycles. The molecular weight excluding hydrogens is 735 g/mol. The number of rotatable bonds is 14. The molecule has 3 aromatic heterocycles. The average molecular weight is 763 g/mol. The van der Waals surface area contributed by atoms with E-state index in [1.54, 1.807) is 66.7 Å². The Balaban J connectivity index is 1.30. The van der Waals surface area contributed by atoms with Crippen LogP contribution in [0.1, 0.15) is 22.4 Å². The van der Waals surface area contributed by atoms with Gasteiger partial charge in [-0.2, -0.15) is 26.3 Å². The molecule has 0 atom stereocenters. The SMILES string of the molecule is Fc1ccccc1Cc1nc(-c2ncc(F)c(NCC(OP(OCc3ccccc3)OCc3ccccc3)(C(F)(F)F)C(F)(F)F)n2)cn2ccnc12. The van der Waals surface area contributed by atoms with E-state index in [0.717, 1.165) is 0 Å². The van der Waals surface area contributed by atoms with Gasteiger partial charge < -0.3 is 18.8 Å². The summed E-state index contributed by atoms with van der Waals surface area (Å²) in [6, 6.07) is 21.8. The van der Waals surface area contributed by atoms with Gasteiger partial charge in [-0.3, -0.25) is 4.52 Å². The molecular formula is C35H27F8N6O3P. The molecule has 0 saturated carbocycles. The predicted octanol–water partition coefficient (Wildman–Crippen LogP) is 9.01. The molecule has 1 N–H and O–H groups in total. The number of hydrogen-bond donors (Lipinski definition) is 1. The van der Waals surface area contributed by atoms with E-state index in [1.165, 1.54) is 41.2 Å². The zero-order chi connectivity index (χ0) is 37.6. The molecule has 6 aromatic rings. The predicted molar refractivity (Wildman–Crippen MR) is 177 cm³/mol. The number of halogens is 8. The van der Waals surface area contributed by atoms with E-state index in [4.69, 9.17) is 13.6 Å². The standard InChI is InChI=1S/C35H27F8N6O3P/c36-26-14-8-7-13-25(26)17-28-32-44-15-16-49(32)19-29(47-28)31-45-18-27(37)30(48-31)46-22-33(34(38,39)40,35(41,42)43)52-53(50-20-23-9-3-1-4-10-23)51-21-24-11-5-2-6-12-24/h1-16,18-19H,17,20-22H2,(H,45,46,48). The lowest BCUT2D eigenvalue weighted by molar-refractivity contribution is -0.354. The number of aromatic nitrogens is 5. The monoisotopic (exact) mass is 762 g/mol. The highest BCUT2D eigenvalue weighted by molar-refractivity contribution is 7.41. The van der Waals surface area contributed by atoms with Gasteiger partial charge in [-0.25, -0.2) is 28.7 Å². The van der Waals surface area contributed by atoms with Gasteiger partial charge in [-0.1, -0.05) is 78.9 Å². The van der Waals surface area contributed by atoms with Crippen molar-refractivity contribution in [1.29, 1.82) is 0 Å². The van der Waals surface area contributed by atoms with Crippen LogP contribution in [0, 0.1) is 11.6 Å². The third-order valence-corrected chi connectivity index (χ3v) is 8.88. The molecule has 53 heavy (non-hydrogen) atoms. The van der Waals surface area contributed by atoms with Crippen molar-refractivity contribution in [3.05, 3.63) is 144 Å². The summed E-state index contributed by atoms with van der Waals surface area (Å²) in [6.45, 7) is -2.99. The normalized spacial score (nSPS) is 12.5. The van der Waals surface area contributed by atoms with Gasteiger partial charge in [-0.15, -0.1) is 0 Å². The van der Waals surface area contributed by atoms with Gasteiger partial charge in [0.1, 0.15) is 11.5 Å². The summed E-state index contributed by atoms with van der Waals surface area (Å²) in [5.41, 5.74) is -3.37. The van der Waals surface area contributed by atoms with E-state index in [1.807, 2.05) is 5.32 Å². The zero-order valence-corrected chi connectivity index (χ0v) is 28.0. The van der Waals surface area contributed by atoms with Crippen LogP contribution in [0.15, 0.2) is 110 Å². The molecule has 0 bridgehead atoms. The Bertz CT molecular complexity index is 2080. The lowest BCUT2D eigenvalue weighted by Crippen LogP contribution is -2.62. The molecule has 0 saturated heterocycles. The molecule has 0 aliphatic rings. The molecule has 3 aromatic carbocycles. The van der Waals surface area contributed by atoms with Crippen LogP contribution in [0.2, 0.25) is 0 Å². The summed E-state index contributed by atoms with van der Waals surface area (Å²) in [6.07, 6.45) is -7.44. The summed E-state index contributed by atoms with van der Waals surface area (Å²) < 4.78 is 135. The van der Waals surface area contributed by atoms with E-state index in [9.17, 15) is 30.7 Å². The Kier molecular flexibility index (Phi) is 11.3. The maximum absolute atomic E-state index is 15.0. The van der Waals surface area contributed by atoms with Crippen LogP contribution in [-0.4, -0.2) is 48.8 Å². The van der Waals surface area contributed by atoms with E-state index in [2.05, 4.69) is 19.9 Å². The second-order valence-corrected chi connectivity index (χ2v) is 12.5.